The first-order valence-electron chi connectivity index (χ1n) is 6.21. The first-order chi connectivity index (χ1) is 8.46. The molecule has 18 heavy (non-hydrogen) atoms. The van der Waals surface area contributed by atoms with Gasteiger partial charge in [0.2, 0.25) is 0 Å². The van der Waals surface area contributed by atoms with Crippen molar-refractivity contribution in [1.82, 2.24) is 10.6 Å². The molecule has 3 N–H and O–H groups in total. The molecular weight excluding hydrogens is 252 g/mol. The Morgan fingerprint density at radius 3 is 2.67 bits per heavy atom. The van der Waals surface area contributed by atoms with E-state index in [1.807, 2.05) is 6.26 Å². The SMILES string of the molecule is COC1(C(=O)NCC(C)(O)CSC)CCNCC1. The lowest BCUT2D eigenvalue weighted by molar-refractivity contribution is -0.147. The fraction of sp³-hybridized carbons (Fsp3) is 0.917. The van der Waals surface area contributed by atoms with Gasteiger partial charge in [-0.15, -0.1) is 0 Å². The molecule has 5 nitrogen and oxygen atoms in total. The van der Waals surface area contributed by atoms with Crippen molar-refractivity contribution in [1.29, 1.82) is 0 Å². The van der Waals surface area contributed by atoms with E-state index in [1.165, 1.54) is 0 Å². The largest absolute Gasteiger partial charge is 0.387 e. The van der Waals surface area contributed by atoms with Crippen molar-refractivity contribution in [2.75, 3.05) is 38.8 Å². The summed E-state index contributed by atoms with van der Waals surface area (Å²) in [5.41, 5.74) is -1.61. The van der Waals surface area contributed by atoms with E-state index >= 15 is 0 Å². The molecule has 1 aliphatic rings. The number of amides is 1. The fourth-order valence-corrected chi connectivity index (χ4v) is 2.87. The molecule has 0 spiro atoms. The Hall–Kier alpha value is -0.300. The molecule has 1 unspecified atom stereocenters. The van der Waals surface area contributed by atoms with Gasteiger partial charge in [0.1, 0.15) is 5.60 Å². The van der Waals surface area contributed by atoms with Gasteiger partial charge in [0, 0.05) is 19.4 Å². The third-order valence-electron chi connectivity index (χ3n) is 3.30. The smallest absolute Gasteiger partial charge is 0.252 e. The summed E-state index contributed by atoms with van der Waals surface area (Å²) in [5.74, 6) is 0.474. The summed E-state index contributed by atoms with van der Waals surface area (Å²) in [5, 5.41) is 16.1. The van der Waals surface area contributed by atoms with Crippen molar-refractivity contribution in [3.8, 4) is 0 Å². The van der Waals surface area contributed by atoms with Crippen molar-refractivity contribution in [2.45, 2.75) is 31.0 Å². The molecule has 1 fully saturated rings. The Balaban J connectivity index is 2.52. The van der Waals surface area contributed by atoms with Crippen LogP contribution in [0.25, 0.3) is 0 Å². The van der Waals surface area contributed by atoms with Crippen LogP contribution in [0.3, 0.4) is 0 Å². The maximum absolute atomic E-state index is 12.2. The van der Waals surface area contributed by atoms with E-state index in [4.69, 9.17) is 4.74 Å². The van der Waals surface area contributed by atoms with Crippen LogP contribution in [0.2, 0.25) is 0 Å². The van der Waals surface area contributed by atoms with Gasteiger partial charge in [-0.3, -0.25) is 4.79 Å². The van der Waals surface area contributed by atoms with E-state index in [0.29, 0.717) is 18.6 Å². The van der Waals surface area contributed by atoms with Crippen LogP contribution in [0.1, 0.15) is 19.8 Å². The topological polar surface area (TPSA) is 70.6 Å². The van der Waals surface area contributed by atoms with Gasteiger partial charge in [-0.1, -0.05) is 0 Å². The van der Waals surface area contributed by atoms with Crippen LogP contribution >= 0.6 is 11.8 Å². The Morgan fingerprint density at radius 2 is 2.17 bits per heavy atom. The molecule has 0 aliphatic carbocycles. The maximum Gasteiger partial charge on any atom is 0.252 e. The molecule has 0 aromatic rings. The number of ether oxygens (including phenoxy) is 1. The second-order valence-corrected chi connectivity index (χ2v) is 5.93. The van der Waals surface area contributed by atoms with Gasteiger partial charge in [-0.05, 0) is 39.1 Å². The molecule has 1 saturated heterocycles. The maximum atomic E-state index is 12.2. The minimum atomic E-state index is -0.878. The Bertz CT molecular complexity index is 278. The molecule has 0 saturated carbocycles. The summed E-state index contributed by atoms with van der Waals surface area (Å²) < 4.78 is 5.43. The monoisotopic (exact) mass is 276 g/mol. The van der Waals surface area contributed by atoms with Gasteiger partial charge >= 0.3 is 0 Å². The lowest BCUT2D eigenvalue weighted by Crippen LogP contribution is -2.56. The standard InChI is InChI=1S/C12H24N2O3S/c1-11(16,9-18-3)8-14-10(15)12(17-2)4-6-13-7-5-12/h13,16H,4-9H2,1-3H3,(H,14,15). The fourth-order valence-electron chi connectivity index (χ4n) is 2.15. The minimum absolute atomic E-state index is 0.118. The average molecular weight is 276 g/mol. The molecule has 1 heterocycles. The van der Waals surface area contributed by atoms with E-state index in [9.17, 15) is 9.90 Å². The van der Waals surface area contributed by atoms with E-state index in [0.717, 1.165) is 13.1 Å². The van der Waals surface area contributed by atoms with Crippen LogP contribution in [-0.4, -0.2) is 61.0 Å². The van der Waals surface area contributed by atoms with Crippen molar-refractivity contribution in [3.63, 3.8) is 0 Å². The molecule has 1 amide bonds. The van der Waals surface area contributed by atoms with E-state index in [1.54, 1.807) is 25.8 Å². The Kier molecular flexibility index (Phi) is 5.91. The van der Waals surface area contributed by atoms with Crippen LogP contribution in [0.5, 0.6) is 0 Å². The molecular formula is C12H24N2O3S. The zero-order valence-electron chi connectivity index (χ0n) is 11.4. The first-order valence-corrected chi connectivity index (χ1v) is 7.61. The van der Waals surface area contributed by atoms with Gasteiger partial charge < -0.3 is 20.5 Å². The number of nitrogens with one attached hydrogen (secondary N) is 2. The highest BCUT2D eigenvalue weighted by Gasteiger charge is 2.40. The Morgan fingerprint density at radius 1 is 1.56 bits per heavy atom. The zero-order valence-corrected chi connectivity index (χ0v) is 12.2. The summed E-state index contributed by atoms with van der Waals surface area (Å²) >= 11 is 1.56. The number of thioether (sulfide) groups is 1. The average Bonchev–Trinajstić information content (AvgIpc) is 2.37. The lowest BCUT2D eigenvalue weighted by atomic mass is 9.91. The third kappa shape index (κ3) is 4.12. The number of rotatable bonds is 6. The first kappa shape index (κ1) is 15.8. The molecule has 0 aromatic carbocycles. The van der Waals surface area contributed by atoms with Crippen LogP contribution < -0.4 is 10.6 Å². The van der Waals surface area contributed by atoms with Crippen molar-refractivity contribution in [3.05, 3.63) is 0 Å². The summed E-state index contributed by atoms with van der Waals surface area (Å²) in [7, 11) is 1.57. The highest BCUT2D eigenvalue weighted by Crippen LogP contribution is 2.22. The Labute approximate surface area is 113 Å². The van der Waals surface area contributed by atoms with Crippen LogP contribution in [0.15, 0.2) is 0 Å². The van der Waals surface area contributed by atoms with E-state index in [-0.39, 0.29) is 12.5 Å². The number of hydrogen-bond donors (Lipinski definition) is 3. The zero-order chi connectivity index (χ0) is 13.6. The highest BCUT2D eigenvalue weighted by atomic mass is 32.2. The van der Waals surface area contributed by atoms with E-state index < -0.39 is 11.2 Å². The molecule has 0 aromatic heterocycles. The van der Waals surface area contributed by atoms with Gasteiger partial charge in [-0.25, -0.2) is 0 Å². The number of methoxy groups -OCH3 is 1. The van der Waals surface area contributed by atoms with Crippen LogP contribution in [0, 0.1) is 0 Å². The molecule has 1 atom stereocenters. The summed E-state index contributed by atoms with van der Waals surface area (Å²) in [4.78, 5) is 12.2. The molecule has 6 heteroatoms. The van der Waals surface area contributed by atoms with Gasteiger partial charge in [0.05, 0.1) is 5.60 Å². The van der Waals surface area contributed by atoms with Gasteiger partial charge in [0.15, 0.2) is 0 Å². The van der Waals surface area contributed by atoms with E-state index in [2.05, 4.69) is 10.6 Å². The summed E-state index contributed by atoms with van der Waals surface area (Å²) in [6.07, 6.45) is 3.26. The number of carbonyl (C=O) groups is 1. The second kappa shape index (κ2) is 6.75. The van der Waals surface area contributed by atoms with Gasteiger partial charge in [0.25, 0.3) is 5.91 Å². The summed E-state index contributed by atoms with van der Waals surface area (Å²) in [6, 6.07) is 0. The van der Waals surface area contributed by atoms with Crippen molar-refractivity contribution in [2.24, 2.45) is 0 Å². The number of piperidine rings is 1. The molecule has 1 rings (SSSR count). The number of aliphatic hydroxyl groups is 1. The number of carbonyl (C=O) groups excluding carboxylic acids is 1. The predicted octanol–water partition coefficient (Wildman–Crippen LogP) is -0.0148. The van der Waals surface area contributed by atoms with Crippen LogP contribution in [0.4, 0.5) is 0 Å². The van der Waals surface area contributed by atoms with Crippen LogP contribution in [-0.2, 0) is 9.53 Å². The van der Waals surface area contributed by atoms with Crippen molar-refractivity contribution < 1.29 is 14.6 Å². The van der Waals surface area contributed by atoms with Gasteiger partial charge in [-0.2, -0.15) is 11.8 Å². The predicted molar refractivity (Wildman–Crippen MR) is 73.9 cm³/mol. The number of hydrogen-bond acceptors (Lipinski definition) is 5. The summed E-state index contributed by atoms with van der Waals surface area (Å²) in [6.45, 7) is 3.54. The molecule has 0 bridgehead atoms. The lowest BCUT2D eigenvalue weighted by Gasteiger charge is -2.35. The molecule has 1 aliphatic heterocycles. The third-order valence-corrected chi connectivity index (χ3v) is 4.21. The van der Waals surface area contributed by atoms with Crippen molar-refractivity contribution >= 4 is 17.7 Å². The molecule has 0 radical (unpaired) electrons. The second-order valence-electron chi connectivity index (χ2n) is 5.06. The quantitative estimate of drug-likeness (QED) is 0.636. The highest BCUT2D eigenvalue weighted by molar-refractivity contribution is 7.98. The molecule has 106 valence electrons. The minimum Gasteiger partial charge on any atom is -0.387 e. The normalized spacial score (nSPS) is 22.2.